The number of nitriles is 1. The number of aromatic amines is 1. The molecule has 0 saturated heterocycles. The Bertz CT molecular complexity index is 442. The third-order valence-corrected chi connectivity index (χ3v) is 2.63. The van der Waals surface area contributed by atoms with Crippen LogP contribution in [0, 0.1) is 18.3 Å². The van der Waals surface area contributed by atoms with Gasteiger partial charge in [0.15, 0.2) is 17.4 Å². The van der Waals surface area contributed by atoms with Crippen LogP contribution in [0.4, 0.5) is 5.82 Å². The summed E-state index contributed by atoms with van der Waals surface area (Å²) in [5, 5.41) is 8.93. The average molecular weight is 248 g/mol. The Hall–Kier alpha value is -1.83. The summed E-state index contributed by atoms with van der Waals surface area (Å²) in [7, 11) is 1.60. The van der Waals surface area contributed by atoms with E-state index < -0.39 is 0 Å². The zero-order valence-electron chi connectivity index (χ0n) is 11.3. The maximum atomic E-state index is 8.93. The van der Waals surface area contributed by atoms with Crippen LogP contribution in [-0.2, 0) is 4.74 Å². The molecule has 0 radical (unpaired) electrons. The molecule has 0 amide bonds. The maximum Gasteiger partial charge on any atom is 0.192 e. The summed E-state index contributed by atoms with van der Waals surface area (Å²) in [6.45, 7) is 3.98. The molecule has 0 atom stereocenters. The maximum absolute atomic E-state index is 8.93. The van der Waals surface area contributed by atoms with E-state index in [0.29, 0.717) is 23.2 Å². The predicted octanol–water partition coefficient (Wildman–Crippen LogP) is 3.24. The van der Waals surface area contributed by atoms with E-state index in [1.165, 1.54) is 19.3 Å². The smallest absolute Gasteiger partial charge is 0.192 e. The summed E-state index contributed by atoms with van der Waals surface area (Å²) in [5.74, 6) is 1.74. The number of aromatic nitrogens is 2. The summed E-state index contributed by atoms with van der Waals surface area (Å²) >= 11 is 0. The number of nitrogens with one attached hydrogen (secondary N) is 1. The van der Waals surface area contributed by atoms with E-state index in [1.807, 2.05) is 6.07 Å². The second kappa shape index (κ2) is 7.49. The number of hydrogen-bond acceptors (Lipinski definition) is 4. The minimum Gasteiger partial charge on any atom is -0.484 e. The molecule has 0 saturated carbocycles. The number of imidazole rings is 1. The Morgan fingerprint density at radius 3 is 2.83 bits per heavy atom. The van der Waals surface area contributed by atoms with Gasteiger partial charge in [-0.1, -0.05) is 26.2 Å². The van der Waals surface area contributed by atoms with Gasteiger partial charge in [-0.25, -0.2) is 4.98 Å². The molecule has 5 nitrogen and oxygen atoms in total. The Labute approximate surface area is 108 Å². The van der Waals surface area contributed by atoms with E-state index >= 15 is 0 Å². The van der Waals surface area contributed by atoms with Gasteiger partial charge in [-0.2, -0.15) is 10.3 Å². The molecule has 5 heteroatoms. The van der Waals surface area contributed by atoms with E-state index in [0.717, 1.165) is 12.8 Å². The average Bonchev–Trinajstić information content (AvgIpc) is 2.73. The van der Waals surface area contributed by atoms with Gasteiger partial charge in [0.25, 0.3) is 0 Å². The summed E-state index contributed by atoms with van der Waals surface area (Å²) in [5.41, 5.74) is 0.385. The molecule has 0 bridgehead atoms. The lowest BCUT2D eigenvalue weighted by molar-refractivity contribution is 0.387. The van der Waals surface area contributed by atoms with Crippen molar-refractivity contribution in [2.75, 3.05) is 7.11 Å². The molecule has 1 rings (SSSR count). The lowest BCUT2D eigenvalue weighted by atomic mass is 10.1. The highest BCUT2D eigenvalue weighted by Crippen LogP contribution is 2.16. The van der Waals surface area contributed by atoms with Crippen LogP contribution in [0.5, 0.6) is 0 Å². The second-order valence-electron chi connectivity index (χ2n) is 4.15. The molecule has 0 aliphatic heterocycles. The Kier molecular flexibility index (Phi) is 5.92. The number of hydrogen-bond donors (Lipinski definition) is 1. The fourth-order valence-electron chi connectivity index (χ4n) is 1.66. The standard InChI is InChI=1S/C13H20N4O/c1-4-5-6-7-8-12(18-3)17-13-11(9-14)15-10(2)16-13/h4-8H2,1-3H3,(H,15,16). The van der Waals surface area contributed by atoms with Gasteiger partial charge >= 0.3 is 0 Å². The van der Waals surface area contributed by atoms with Gasteiger partial charge in [-0.3, -0.25) is 0 Å². The molecule has 0 aromatic carbocycles. The monoisotopic (exact) mass is 248 g/mol. The highest BCUT2D eigenvalue weighted by molar-refractivity contribution is 5.79. The number of rotatable bonds is 6. The first-order valence-electron chi connectivity index (χ1n) is 6.29. The molecule has 1 heterocycles. The van der Waals surface area contributed by atoms with Crippen LogP contribution in [0.2, 0.25) is 0 Å². The summed E-state index contributed by atoms with van der Waals surface area (Å²) in [6, 6.07) is 2.04. The lowest BCUT2D eigenvalue weighted by Crippen LogP contribution is -2.01. The van der Waals surface area contributed by atoms with Gasteiger partial charge in [-0.15, -0.1) is 0 Å². The number of nitrogens with zero attached hydrogens (tertiary/aromatic N) is 3. The highest BCUT2D eigenvalue weighted by Gasteiger charge is 2.08. The van der Waals surface area contributed by atoms with E-state index in [1.54, 1.807) is 14.0 Å². The third-order valence-electron chi connectivity index (χ3n) is 2.63. The van der Waals surface area contributed by atoms with Crippen molar-refractivity contribution in [2.24, 2.45) is 4.99 Å². The molecule has 0 aliphatic carbocycles. The van der Waals surface area contributed by atoms with Crippen molar-refractivity contribution in [2.45, 2.75) is 46.0 Å². The highest BCUT2D eigenvalue weighted by atomic mass is 16.5. The summed E-state index contributed by atoms with van der Waals surface area (Å²) in [4.78, 5) is 11.3. The van der Waals surface area contributed by atoms with Crippen LogP contribution in [0.1, 0.15) is 50.5 Å². The Morgan fingerprint density at radius 1 is 1.44 bits per heavy atom. The minimum absolute atomic E-state index is 0.385. The fourth-order valence-corrected chi connectivity index (χ4v) is 1.66. The molecule has 0 spiro atoms. The Morgan fingerprint density at radius 2 is 2.22 bits per heavy atom. The van der Waals surface area contributed by atoms with Gasteiger partial charge in [0.2, 0.25) is 0 Å². The van der Waals surface area contributed by atoms with Crippen molar-refractivity contribution in [1.29, 1.82) is 5.26 Å². The summed E-state index contributed by atoms with van der Waals surface area (Å²) in [6.07, 6.45) is 5.43. The van der Waals surface area contributed by atoms with Crippen LogP contribution in [-0.4, -0.2) is 23.0 Å². The van der Waals surface area contributed by atoms with E-state index in [9.17, 15) is 0 Å². The van der Waals surface area contributed by atoms with Gasteiger partial charge in [0.1, 0.15) is 11.9 Å². The number of unbranched alkanes of at least 4 members (excludes halogenated alkanes) is 3. The van der Waals surface area contributed by atoms with Crippen molar-refractivity contribution in [3.63, 3.8) is 0 Å². The molecule has 1 aromatic heterocycles. The van der Waals surface area contributed by atoms with Crippen molar-refractivity contribution in [3.8, 4) is 6.07 Å². The molecule has 0 unspecified atom stereocenters. The predicted molar refractivity (Wildman–Crippen MR) is 70.9 cm³/mol. The molecule has 1 aromatic rings. The van der Waals surface area contributed by atoms with Crippen LogP contribution in [0.25, 0.3) is 0 Å². The first-order valence-corrected chi connectivity index (χ1v) is 6.29. The van der Waals surface area contributed by atoms with Gasteiger partial charge in [0.05, 0.1) is 7.11 Å². The number of aliphatic imine (C=N–C) groups is 1. The fraction of sp³-hybridized carbons (Fsp3) is 0.615. The first-order chi connectivity index (χ1) is 8.71. The molecule has 1 N–H and O–H groups in total. The minimum atomic E-state index is 0.385. The number of aryl methyl sites for hydroxylation is 1. The lowest BCUT2D eigenvalue weighted by Gasteiger charge is -2.03. The van der Waals surface area contributed by atoms with Crippen molar-refractivity contribution in [1.82, 2.24) is 9.97 Å². The quantitative estimate of drug-likeness (QED) is 0.477. The third kappa shape index (κ3) is 4.21. The van der Waals surface area contributed by atoms with Gasteiger partial charge in [0, 0.05) is 6.42 Å². The first kappa shape index (κ1) is 14.2. The number of ether oxygens (including phenoxy) is 1. The number of methoxy groups -OCH3 is 1. The van der Waals surface area contributed by atoms with Crippen molar-refractivity contribution in [3.05, 3.63) is 11.5 Å². The van der Waals surface area contributed by atoms with Gasteiger partial charge in [-0.05, 0) is 13.3 Å². The molecular formula is C13H20N4O. The van der Waals surface area contributed by atoms with Crippen LogP contribution in [0.3, 0.4) is 0 Å². The molecular weight excluding hydrogens is 228 g/mol. The van der Waals surface area contributed by atoms with E-state index in [2.05, 4.69) is 21.9 Å². The van der Waals surface area contributed by atoms with E-state index in [-0.39, 0.29) is 0 Å². The van der Waals surface area contributed by atoms with Crippen LogP contribution < -0.4 is 0 Å². The van der Waals surface area contributed by atoms with Gasteiger partial charge < -0.3 is 9.72 Å². The van der Waals surface area contributed by atoms with Crippen molar-refractivity contribution < 1.29 is 4.74 Å². The zero-order chi connectivity index (χ0) is 13.4. The topological polar surface area (TPSA) is 74.1 Å². The van der Waals surface area contributed by atoms with Crippen LogP contribution >= 0.6 is 0 Å². The molecule has 98 valence electrons. The molecule has 0 fully saturated rings. The van der Waals surface area contributed by atoms with E-state index in [4.69, 9.17) is 10.00 Å². The normalized spacial score (nSPS) is 11.3. The molecule has 18 heavy (non-hydrogen) atoms. The Balaban J connectivity index is 2.68. The van der Waals surface area contributed by atoms with Crippen molar-refractivity contribution >= 4 is 11.7 Å². The largest absolute Gasteiger partial charge is 0.484 e. The molecule has 0 aliphatic rings. The SMILES string of the molecule is CCCCCCC(=Nc1nc(C)[nH]c1C#N)OC. The summed E-state index contributed by atoms with van der Waals surface area (Å²) < 4.78 is 5.23. The number of H-pyrrole nitrogens is 1. The van der Waals surface area contributed by atoms with Crippen LogP contribution in [0.15, 0.2) is 4.99 Å². The second-order valence-corrected chi connectivity index (χ2v) is 4.15. The zero-order valence-corrected chi connectivity index (χ0v) is 11.3.